The Kier molecular flexibility index (Phi) is 5.53. The molecule has 0 aliphatic rings. The summed E-state index contributed by atoms with van der Waals surface area (Å²) in [7, 11) is 0. The largest absolute Gasteiger partial charge is 0.327 e. The average molecular weight is 306 g/mol. The molecule has 20 heavy (non-hydrogen) atoms. The van der Waals surface area contributed by atoms with E-state index in [1.54, 1.807) is 0 Å². The van der Waals surface area contributed by atoms with Gasteiger partial charge in [0.15, 0.2) is 0 Å². The molecule has 0 aliphatic carbocycles. The van der Waals surface area contributed by atoms with E-state index in [9.17, 15) is 0 Å². The number of aryl methyl sites for hydroxylation is 1. The zero-order chi connectivity index (χ0) is 14.5. The summed E-state index contributed by atoms with van der Waals surface area (Å²) in [6, 6.07) is 16.5. The highest BCUT2D eigenvalue weighted by Crippen LogP contribution is 2.36. The number of benzene rings is 2. The van der Waals surface area contributed by atoms with Gasteiger partial charge in [0.1, 0.15) is 0 Å². The smallest absolute Gasteiger partial charge is 0.0451 e. The summed E-state index contributed by atoms with van der Waals surface area (Å²) >= 11 is 8.07. The highest BCUT2D eigenvalue weighted by atomic mass is 35.5. The minimum Gasteiger partial charge on any atom is -0.327 e. The first-order valence-electron chi connectivity index (χ1n) is 6.75. The first-order chi connectivity index (χ1) is 9.59. The molecule has 2 rings (SSSR count). The summed E-state index contributed by atoms with van der Waals surface area (Å²) in [4.78, 5) is 0. The molecule has 106 valence electrons. The summed E-state index contributed by atoms with van der Waals surface area (Å²) < 4.78 is 0. The van der Waals surface area contributed by atoms with Crippen LogP contribution in [0.15, 0.2) is 48.5 Å². The van der Waals surface area contributed by atoms with E-state index in [2.05, 4.69) is 44.2 Å². The van der Waals surface area contributed by atoms with Crippen LogP contribution in [0.4, 0.5) is 0 Å². The lowest BCUT2D eigenvalue weighted by Crippen LogP contribution is -2.23. The first kappa shape index (κ1) is 15.4. The number of thioether (sulfide) groups is 1. The van der Waals surface area contributed by atoms with Gasteiger partial charge in [-0.1, -0.05) is 54.1 Å². The van der Waals surface area contributed by atoms with Gasteiger partial charge in [-0.25, -0.2) is 0 Å². The number of halogens is 1. The summed E-state index contributed by atoms with van der Waals surface area (Å²) in [6.07, 6.45) is 0. The zero-order valence-corrected chi connectivity index (χ0v) is 13.4. The van der Waals surface area contributed by atoms with Crippen molar-refractivity contribution in [3.8, 4) is 0 Å². The van der Waals surface area contributed by atoms with Gasteiger partial charge in [-0.2, -0.15) is 0 Å². The first-order valence-corrected chi connectivity index (χ1v) is 8.18. The van der Waals surface area contributed by atoms with Crippen LogP contribution in [0.1, 0.15) is 28.9 Å². The lowest BCUT2D eigenvalue weighted by atomic mass is 10.0. The van der Waals surface area contributed by atoms with Crippen LogP contribution < -0.4 is 5.73 Å². The second-order valence-electron chi connectivity index (χ2n) is 5.04. The number of hydrogen-bond acceptors (Lipinski definition) is 2. The predicted octanol–water partition coefficient (Wildman–Crippen LogP) is 4.97. The van der Waals surface area contributed by atoms with E-state index in [1.165, 1.54) is 16.7 Å². The average Bonchev–Trinajstić information content (AvgIpc) is 2.42. The van der Waals surface area contributed by atoms with Gasteiger partial charge >= 0.3 is 0 Å². The number of rotatable bonds is 5. The van der Waals surface area contributed by atoms with E-state index in [-0.39, 0.29) is 11.3 Å². The van der Waals surface area contributed by atoms with E-state index in [1.807, 2.05) is 30.0 Å². The van der Waals surface area contributed by atoms with Crippen LogP contribution in [0.2, 0.25) is 5.02 Å². The van der Waals surface area contributed by atoms with E-state index in [0.717, 1.165) is 10.8 Å². The Balaban J connectivity index is 2.15. The fraction of sp³-hybridized carbons (Fsp3) is 0.294. The zero-order valence-electron chi connectivity index (χ0n) is 11.8. The molecule has 2 N–H and O–H groups in total. The van der Waals surface area contributed by atoms with Crippen LogP contribution in [0.5, 0.6) is 0 Å². The van der Waals surface area contributed by atoms with Gasteiger partial charge in [0.05, 0.1) is 0 Å². The molecular formula is C17H20ClNS. The lowest BCUT2D eigenvalue weighted by Gasteiger charge is -2.23. The Morgan fingerprint density at radius 3 is 2.40 bits per heavy atom. The van der Waals surface area contributed by atoms with Crippen LogP contribution in [0, 0.1) is 6.92 Å². The van der Waals surface area contributed by atoms with E-state index in [0.29, 0.717) is 0 Å². The molecule has 2 aromatic carbocycles. The Bertz CT molecular complexity index is 568. The Morgan fingerprint density at radius 2 is 1.75 bits per heavy atom. The molecule has 0 saturated carbocycles. The fourth-order valence-corrected chi connectivity index (χ4v) is 3.87. The van der Waals surface area contributed by atoms with Crippen molar-refractivity contribution in [1.29, 1.82) is 0 Å². The fourth-order valence-electron chi connectivity index (χ4n) is 2.23. The molecule has 2 atom stereocenters. The topological polar surface area (TPSA) is 26.0 Å². The molecule has 0 spiro atoms. The van der Waals surface area contributed by atoms with Crippen LogP contribution in [0.25, 0.3) is 0 Å². The summed E-state index contributed by atoms with van der Waals surface area (Å²) in [5.74, 6) is 0.875. The van der Waals surface area contributed by atoms with Gasteiger partial charge in [-0.3, -0.25) is 0 Å². The highest BCUT2D eigenvalue weighted by Gasteiger charge is 2.18. The third-order valence-corrected chi connectivity index (χ3v) is 5.24. The standard InChI is InChI=1S/C17H20ClNS/c1-12-7-3-5-9-15(12)17(13(2)19)20-11-14-8-4-6-10-16(14)18/h3-10,13,17H,11,19H2,1-2H3. The maximum absolute atomic E-state index is 6.22. The minimum atomic E-state index is 0.101. The summed E-state index contributed by atoms with van der Waals surface area (Å²) in [6.45, 7) is 4.21. The van der Waals surface area contributed by atoms with Gasteiger partial charge in [0, 0.05) is 22.1 Å². The summed E-state index contributed by atoms with van der Waals surface area (Å²) in [5, 5.41) is 1.11. The van der Waals surface area contributed by atoms with Gasteiger partial charge in [-0.15, -0.1) is 11.8 Å². The molecule has 1 nitrogen and oxygen atoms in total. The van der Waals surface area contributed by atoms with Crippen molar-refractivity contribution < 1.29 is 0 Å². The van der Waals surface area contributed by atoms with Crippen LogP contribution in [0.3, 0.4) is 0 Å². The molecule has 0 saturated heterocycles. The van der Waals surface area contributed by atoms with E-state index < -0.39 is 0 Å². The van der Waals surface area contributed by atoms with Crippen LogP contribution in [-0.4, -0.2) is 6.04 Å². The maximum Gasteiger partial charge on any atom is 0.0451 e. The van der Waals surface area contributed by atoms with Gasteiger partial charge in [-0.05, 0) is 36.6 Å². The molecule has 0 aromatic heterocycles. The van der Waals surface area contributed by atoms with Crippen molar-refractivity contribution in [2.75, 3.05) is 0 Å². The molecule has 2 aromatic rings. The van der Waals surface area contributed by atoms with Crippen LogP contribution in [-0.2, 0) is 5.75 Å². The molecule has 0 bridgehead atoms. The van der Waals surface area contributed by atoms with Crippen molar-refractivity contribution >= 4 is 23.4 Å². The molecule has 0 amide bonds. The third-order valence-electron chi connectivity index (χ3n) is 3.35. The normalized spacial score (nSPS) is 14.0. The molecule has 0 radical (unpaired) electrons. The Hall–Kier alpha value is -0.960. The molecule has 3 heteroatoms. The van der Waals surface area contributed by atoms with Gasteiger partial charge in [0.2, 0.25) is 0 Å². The SMILES string of the molecule is Cc1ccccc1C(SCc1ccccc1Cl)C(C)N. The highest BCUT2D eigenvalue weighted by molar-refractivity contribution is 7.98. The van der Waals surface area contributed by atoms with Crippen molar-refractivity contribution in [2.24, 2.45) is 5.73 Å². The van der Waals surface area contributed by atoms with Crippen molar-refractivity contribution in [2.45, 2.75) is 30.9 Å². The molecule has 0 fully saturated rings. The van der Waals surface area contributed by atoms with E-state index in [4.69, 9.17) is 17.3 Å². The van der Waals surface area contributed by atoms with E-state index >= 15 is 0 Å². The second-order valence-corrected chi connectivity index (χ2v) is 6.58. The quantitative estimate of drug-likeness (QED) is 0.844. The van der Waals surface area contributed by atoms with Crippen molar-refractivity contribution in [3.05, 3.63) is 70.2 Å². The predicted molar refractivity (Wildman–Crippen MR) is 90.3 cm³/mol. The van der Waals surface area contributed by atoms with Gasteiger partial charge < -0.3 is 5.73 Å². The second kappa shape index (κ2) is 7.16. The number of nitrogens with two attached hydrogens (primary N) is 1. The third kappa shape index (κ3) is 3.78. The molecule has 0 heterocycles. The Labute approximate surface area is 130 Å². The van der Waals surface area contributed by atoms with Gasteiger partial charge in [0.25, 0.3) is 0 Å². The monoisotopic (exact) mass is 305 g/mol. The molecule has 2 unspecified atom stereocenters. The molecule has 0 aliphatic heterocycles. The molecular weight excluding hydrogens is 286 g/mol. The summed E-state index contributed by atoms with van der Waals surface area (Å²) in [5.41, 5.74) is 9.96. The van der Waals surface area contributed by atoms with Crippen molar-refractivity contribution in [3.63, 3.8) is 0 Å². The van der Waals surface area contributed by atoms with Crippen molar-refractivity contribution in [1.82, 2.24) is 0 Å². The maximum atomic E-state index is 6.22. The van der Waals surface area contributed by atoms with Crippen LogP contribution >= 0.6 is 23.4 Å². The number of hydrogen-bond donors (Lipinski definition) is 1. The Morgan fingerprint density at radius 1 is 1.10 bits per heavy atom. The minimum absolute atomic E-state index is 0.101. The lowest BCUT2D eigenvalue weighted by molar-refractivity contribution is 0.718.